The Labute approximate surface area is 590 Å². The molecule has 2 aliphatic heterocycles. The maximum Gasteiger partial charge on any atom is 0.0783 e. The summed E-state index contributed by atoms with van der Waals surface area (Å²) in [6, 6.07) is 92.5. The van der Waals surface area contributed by atoms with E-state index in [9.17, 15) is 2.74 Å². The largest absolute Gasteiger partial charge is 0.310 e. The SMILES string of the molecule is [2H]c1c([2H])c([2H])c(-c2ccc3c(c2)N(c2cccc4c5cccc(-n6c7ccc(C(C)(C)C)cc7c7cc(C(C)(C)C)ccc76)c5n(-c5ccccc5)c24)c2cc(C(C)(C)C)cc4c2C3c2ccc(-c3cccc(C(C)(C)C)c3)cc2N4c2cc(-c3ccccc3)cc(-c3ccccc3)c2)c([2H])c1[2H]. The molecule has 99 heavy (non-hydrogen) atoms. The van der Waals surface area contributed by atoms with Crippen LogP contribution in [0.1, 0.15) is 135 Å². The third-order valence-electron chi connectivity index (χ3n) is 20.9. The van der Waals surface area contributed by atoms with Gasteiger partial charge in [-0.1, -0.05) is 277 Å². The maximum atomic E-state index is 9.58. The molecule has 2 aromatic heterocycles. The van der Waals surface area contributed by atoms with E-state index in [4.69, 9.17) is 4.11 Å². The number of anilines is 6. The van der Waals surface area contributed by atoms with Gasteiger partial charge < -0.3 is 18.9 Å². The van der Waals surface area contributed by atoms with Gasteiger partial charge in [0.1, 0.15) is 0 Å². The van der Waals surface area contributed by atoms with Gasteiger partial charge >= 0.3 is 0 Å². The Kier molecular flexibility index (Phi) is 12.9. The fourth-order valence-corrected chi connectivity index (χ4v) is 15.7. The van der Waals surface area contributed by atoms with E-state index in [1.807, 2.05) is 6.07 Å². The Hall–Kier alpha value is -10.9. The molecule has 4 heteroatoms. The van der Waals surface area contributed by atoms with Crippen LogP contribution >= 0.6 is 0 Å². The van der Waals surface area contributed by atoms with Crippen LogP contribution in [0.5, 0.6) is 0 Å². The Morgan fingerprint density at radius 2 is 0.727 bits per heavy atom. The van der Waals surface area contributed by atoms with Gasteiger partial charge in [0.15, 0.2) is 0 Å². The Bertz CT molecular complexity index is 5880. The van der Waals surface area contributed by atoms with Crippen molar-refractivity contribution in [1.29, 1.82) is 0 Å². The molecule has 2 aliphatic rings. The molecule has 0 spiro atoms. The highest BCUT2D eigenvalue weighted by atomic mass is 15.2. The van der Waals surface area contributed by atoms with Gasteiger partial charge in [-0.15, -0.1) is 0 Å². The van der Waals surface area contributed by atoms with Crippen LogP contribution in [0, 0.1) is 0 Å². The first-order valence-corrected chi connectivity index (χ1v) is 34.9. The monoisotopic (exact) mass is 1290 g/mol. The van der Waals surface area contributed by atoms with E-state index in [0.717, 1.165) is 134 Å². The summed E-state index contributed by atoms with van der Waals surface area (Å²) in [4.78, 5) is 5.02. The predicted octanol–water partition coefficient (Wildman–Crippen LogP) is 26.5. The van der Waals surface area contributed by atoms with Crippen LogP contribution in [0.15, 0.2) is 285 Å². The second kappa shape index (κ2) is 22.8. The summed E-state index contributed by atoms with van der Waals surface area (Å²) < 4.78 is 51.1. The summed E-state index contributed by atoms with van der Waals surface area (Å²) in [6.45, 7) is 27.5. The number of benzene rings is 13. The molecule has 0 bridgehead atoms. The lowest BCUT2D eigenvalue weighted by molar-refractivity contribution is 0.589. The molecule has 0 fully saturated rings. The minimum atomic E-state index is -0.428. The second-order valence-electron chi connectivity index (χ2n) is 31.5. The first-order chi connectivity index (χ1) is 49.7. The zero-order valence-electron chi connectivity index (χ0n) is 63.6. The van der Waals surface area contributed by atoms with Gasteiger partial charge in [-0.05, 0) is 191 Å². The van der Waals surface area contributed by atoms with Crippen LogP contribution in [-0.4, -0.2) is 9.13 Å². The molecule has 0 radical (unpaired) electrons. The van der Waals surface area contributed by atoms with E-state index in [-0.39, 0.29) is 51.9 Å². The van der Waals surface area contributed by atoms with Crippen molar-refractivity contribution in [3.63, 3.8) is 0 Å². The molecule has 1 atom stereocenters. The van der Waals surface area contributed by atoms with E-state index in [1.165, 1.54) is 27.5 Å². The smallest absolute Gasteiger partial charge is 0.0783 e. The van der Waals surface area contributed by atoms with Gasteiger partial charge in [-0.2, -0.15) is 0 Å². The average Bonchev–Trinajstić information content (AvgIpc) is 1.09. The first kappa shape index (κ1) is 56.1. The van der Waals surface area contributed by atoms with Crippen molar-refractivity contribution in [2.75, 3.05) is 9.80 Å². The molecule has 1 unspecified atom stereocenters. The standard InChI is InChI=1S/C95H84N4/c1-92(2,3)68-35-25-34-63(51-68)65-43-47-76-84(55-65)96(73-52-66(61-30-19-14-20-31-61)50-67(53-73)62-32-21-15-22-33-62)86-58-71(95(10,11)12)59-87-89(86)88(76)77-46-42-64(60-28-17-13-18-29-60)54-85(77)99(87)83-41-27-39-75-74-38-26-40-82(90(74)97(91(75)83)72-36-23-16-24-37-72)98-80-48-44-69(93(4,5)6)56-78(80)79-57-70(94(7,8)9)45-49-81(79)98/h13-59,88H,1-12H3/i13D,17D,18D,28D,29D. The highest BCUT2D eigenvalue weighted by Crippen LogP contribution is 2.63. The molecule has 0 aliphatic carbocycles. The van der Waals surface area contributed by atoms with E-state index in [2.05, 4.69) is 351 Å². The van der Waals surface area contributed by atoms with Crippen molar-refractivity contribution in [3.8, 4) is 55.9 Å². The van der Waals surface area contributed by atoms with Gasteiger partial charge in [0.25, 0.3) is 0 Å². The number of nitrogens with zero attached hydrogens (tertiary/aromatic N) is 4. The summed E-state index contributed by atoms with van der Waals surface area (Å²) in [5, 5.41) is 4.56. The lowest BCUT2D eigenvalue weighted by Gasteiger charge is -2.46. The summed E-state index contributed by atoms with van der Waals surface area (Å²) in [7, 11) is 0. The minimum absolute atomic E-state index is 0.0850. The molecular weight excluding hydrogens is 1200 g/mol. The number of para-hydroxylation sites is 3. The van der Waals surface area contributed by atoms with Gasteiger partial charge in [0, 0.05) is 44.4 Å². The lowest BCUT2D eigenvalue weighted by atomic mass is 9.73. The molecule has 17 rings (SSSR count). The molecule has 0 saturated carbocycles. The molecule has 4 nitrogen and oxygen atoms in total. The van der Waals surface area contributed by atoms with E-state index in [0.29, 0.717) is 5.56 Å². The lowest BCUT2D eigenvalue weighted by Crippen LogP contribution is -2.30. The number of hydrogen-bond donors (Lipinski definition) is 0. The average molecular weight is 1290 g/mol. The molecule has 0 saturated heterocycles. The molecule has 15 aromatic rings. The topological polar surface area (TPSA) is 16.3 Å². The molecule has 0 N–H and O–H groups in total. The van der Waals surface area contributed by atoms with Crippen molar-refractivity contribution in [2.45, 2.75) is 111 Å². The van der Waals surface area contributed by atoms with Crippen molar-refractivity contribution in [2.24, 2.45) is 0 Å². The number of fused-ring (bicyclic) bond motifs is 10. The number of aromatic nitrogens is 2. The fourth-order valence-electron chi connectivity index (χ4n) is 15.7. The molecule has 0 amide bonds. The quantitative estimate of drug-likeness (QED) is 0.151. The van der Waals surface area contributed by atoms with Crippen molar-refractivity contribution in [3.05, 3.63) is 324 Å². The molecule has 13 aromatic carbocycles. The summed E-state index contributed by atoms with van der Waals surface area (Å²) in [6.07, 6.45) is 0. The summed E-state index contributed by atoms with van der Waals surface area (Å²) >= 11 is 0. The van der Waals surface area contributed by atoms with E-state index < -0.39 is 11.5 Å². The third-order valence-corrected chi connectivity index (χ3v) is 20.9. The van der Waals surface area contributed by atoms with E-state index >= 15 is 0 Å². The third kappa shape index (κ3) is 10.3. The molecular formula is C95H84N4. The molecule has 4 heterocycles. The summed E-state index contributed by atoms with van der Waals surface area (Å²) in [5.41, 5.74) is 27.0. The van der Waals surface area contributed by atoms with Crippen LogP contribution in [-0.2, 0) is 21.7 Å². The van der Waals surface area contributed by atoms with Crippen LogP contribution in [0.2, 0.25) is 0 Å². The normalized spacial score (nSPS) is 14.6. The summed E-state index contributed by atoms with van der Waals surface area (Å²) in [5.74, 6) is -0.361. The van der Waals surface area contributed by atoms with E-state index in [1.54, 1.807) is 0 Å². The Morgan fingerprint density at radius 3 is 1.27 bits per heavy atom. The van der Waals surface area contributed by atoms with Gasteiger partial charge in [0.2, 0.25) is 0 Å². The number of hydrogen-bond acceptors (Lipinski definition) is 2. The minimum Gasteiger partial charge on any atom is -0.310 e. The van der Waals surface area contributed by atoms with Gasteiger partial charge in [-0.3, -0.25) is 0 Å². The Morgan fingerprint density at radius 1 is 0.273 bits per heavy atom. The highest BCUT2D eigenvalue weighted by molar-refractivity contribution is 6.19. The zero-order chi connectivity index (χ0) is 72.4. The van der Waals surface area contributed by atoms with Crippen molar-refractivity contribution < 1.29 is 6.85 Å². The van der Waals surface area contributed by atoms with Crippen LogP contribution in [0.25, 0.3) is 99.5 Å². The zero-order valence-corrected chi connectivity index (χ0v) is 58.6. The Balaban J connectivity index is 1.02. The van der Waals surface area contributed by atoms with Crippen LogP contribution < -0.4 is 9.80 Å². The van der Waals surface area contributed by atoms with Crippen molar-refractivity contribution in [1.82, 2.24) is 9.13 Å². The maximum absolute atomic E-state index is 9.58. The van der Waals surface area contributed by atoms with Gasteiger partial charge in [0.05, 0.1) is 63.0 Å². The van der Waals surface area contributed by atoms with Crippen LogP contribution in [0.3, 0.4) is 0 Å². The number of rotatable bonds is 8. The van der Waals surface area contributed by atoms with Crippen LogP contribution in [0.4, 0.5) is 34.1 Å². The van der Waals surface area contributed by atoms with Crippen molar-refractivity contribution >= 4 is 77.7 Å². The predicted molar refractivity (Wildman–Crippen MR) is 422 cm³/mol. The van der Waals surface area contributed by atoms with Gasteiger partial charge in [-0.25, -0.2) is 0 Å². The first-order valence-electron chi connectivity index (χ1n) is 37.4. The fraction of sp³-hybridized carbons (Fsp3) is 0.179. The molecule has 484 valence electrons. The second-order valence-corrected chi connectivity index (χ2v) is 31.5. The highest BCUT2D eigenvalue weighted by Gasteiger charge is 2.43.